The zero-order valence-corrected chi connectivity index (χ0v) is 13.1. The predicted molar refractivity (Wildman–Crippen MR) is 89.0 cm³/mol. The van der Waals surface area contributed by atoms with E-state index in [0.717, 1.165) is 18.4 Å². The summed E-state index contributed by atoms with van der Waals surface area (Å²) in [6.45, 7) is 9.87. The monoisotopic (exact) mass is 284 g/mol. The molecule has 1 aromatic carbocycles. The summed E-state index contributed by atoms with van der Waals surface area (Å²) in [7, 11) is 0. The minimum atomic E-state index is -0.890. The number of rotatable bonds is 7. The van der Waals surface area contributed by atoms with E-state index in [0.29, 0.717) is 5.57 Å². The largest absolute Gasteiger partial charge is 0.478 e. The van der Waals surface area contributed by atoms with Crippen molar-refractivity contribution in [3.05, 3.63) is 65.8 Å². The maximum Gasteiger partial charge on any atom is 0.332 e. The Labute approximate surface area is 127 Å². The molecule has 0 aromatic heterocycles. The third kappa shape index (κ3) is 5.07. The summed E-state index contributed by atoms with van der Waals surface area (Å²) in [5, 5.41) is 9.58. The van der Waals surface area contributed by atoms with Crippen LogP contribution in [0, 0.1) is 5.41 Å². The molecule has 0 aliphatic carbocycles. The zero-order valence-electron chi connectivity index (χ0n) is 13.1. The Kier molecular flexibility index (Phi) is 6.16. The molecule has 1 atom stereocenters. The van der Waals surface area contributed by atoms with E-state index in [-0.39, 0.29) is 0 Å². The zero-order chi connectivity index (χ0) is 15.9. The smallest absolute Gasteiger partial charge is 0.332 e. The van der Waals surface area contributed by atoms with Crippen molar-refractivity contribution >= 4 is 12.0 Å². The molecule has 0 fully saturated rings. The Morgan fingerprint density at radius 2 is 1.90 bits per heavy atom. The highest BCUT2D eigenvalue weighted by Crippen LogP contribution is 2.35. The Bertz CT molecular complexity index is 548. The molecule has 0 heterocycles. The molecule has 0 bridgehead atoms. The maximum atomic E-state index is 11.7. The fraction of sp³-hybridized carbons (Fsp3) is 0.316. The van der Waals surface area contributed by atoms with Crippen molar-refractivity contribution in [3.8, 4) is 0 Å². The topological polar surface area (TPSA) is 37.3 Å². The van der Waals surface area contributed by atoms with Gasteiger partial charge in [-0.1, -0.05) is 55.0 Å². The highest BCUT2D eigenvalue weighted by atomic mass is 16.4. The van der Waals surface area contributed by atoms with Gasteiger partial charge in [-0.3, -0.25) is 0 Å². The fourth-order valence-corrected chi connectivity index (χ4v) is 2.19. The number of benzene rings is 1. The summed E-state index contributed by atoms with van der Waals surface area (Å²) in [6, 6.07) is 9.53. The van der Waals surface area contributed by atoms with Crippen molar-refractivity contribution in [1.82, 2.24) is 0 Å². The number of carbonyl (C=O) groups is 1. The fourth-order valence-electron chi connectivity index (χ4n) is 2.19. The minimum absolute atomic E-state index is 0.380. The average molecular weight is 284 g/mol. The lowest BCUT2D eigenvalue weighted by atomic mass is 9.77. The van der Waals surface area contributed by atoms with Crippen LogP contribution in [-0.4, -0.2) is 11.1 Å². The van der Waals surface area contributed by atoms with E-state index in [1.165, 1.54) is 5.57 Å². The SMILES string of the molecule is C=CC(C)(CCC=C(C)C)C(=Cc1ccccc1)C(=O)O. The first-order valence-electron chi connectivity index (χ1n) is 7.16. The van der Waals surface area contributed by atoms with E-state index in [4.69, 9.17) is 0 Å². The standard InChI is InChI=1S/C19H24O2/c1-5-19(4,13-9-10-15(2)3)17(18(20)21)14-16-11-7-6-8-12-16/h5-8,10-12,14H,1,9,13H2,2-4H3,(H,20,21). The Morgan fingerprint density at radius 1 is 1.29 bits per heavy atom. The molecule has 0 aliphatic heterocycles. The summed E-state index contributed by atoms with van der Waals surface area (Å²) >= 11 is 0. The molecule has 0 aliphatic rings. The molecule has 0 amide bonds. The molecule has 2 heteroatoms. The van der Waals surface area contributed by atoms with E-state index in [1.54, 1.807) is 12.2 Å². The Balaban J connectivity index is 3.11. The number of carboxylic acid groups (broad SMARTS) is 1. The molecule has 1 aromatic rings. The normalized spacial score (nSPS) is 14.1. The van der Waals surface area contributed by atoms with Crippen molar-refractivity contribution in [3.63, 3.8) is 0 Å². The van der Waals surface area contributed by atoms with Crippen LogP contribution < -0.4 is 0 Å². The second-order valence-electron chi connectivity index (χ2n) is 5.72. The third-order valence-corrected chi connectivity index (χ3v) is 3.62. The molecule has 0 saturated heterocycles. The van der Waals surface area contributed by atoms with Crippen molar-refractivity contribution in [2.75, 3.05) is 0 Å². The molecule has 1 unspecified atom stereocenters. The lowest BCUT2D eigenvalue weighted by Gasteiger charge is -2.26. The second-order valence-corrected chi connectivity index (χ2v) is 5.72. The number of hydrogen-bond donors (Lipinski definition) is 1. The minimum Gasteiger partial charge on any atom is -0.478 e. The van der Waals surface area contributed by atoms with Gasteiger partial charge in [0.25, 0.3) is 0 Å². The first-order chi connectivity index (χ1) is 9.89. The van der Waals surface area contributed by atoms with Crippen LogP contribution in [0.3, 0.4) is 0 Å². The van der Waals surface area contributed by atoms with Crippen LogP contribution in [0.5, 0.6) is 0 Å². The summed E-state index contributed by atoms with van der Waals surface area (Å²) in [5.74, 6) is -0.890. The summed E-state index contributed by atoms with van der Waals surface area (Å²) in [4.78, 5) is 11.7. The summed E-state index contributed by atoms with van der Waals surface area (Å²) in [5.41, 5.74) is 1.97. The molecule has 0 spiro atoms. The Morgan fingerprint density at radius 3 is 2.38 bits per heavy atom. The van der Waals surface area contributed by atoms with Crippen LogP contribution in [0.25, 0.3) is 6.08 Å². The van der Waals surface area contributed by atoms with Crippen molar-refractivity contribution in [1.29, 1.82) is 0 Å². The molecule has 112 valence electrons. The quantitative estimate of drug-likeness (QED) is 0.559. The molecule has 0 saturated carbocycles. The Hall–Kier alpha value is -2.09. The number of aliphatic carboxylic acids is 1. The van der Waals surface area contributed by atoms with Gasteiger partial charge in [0.1, 0.15) is 0 Å². The molecule has 21 heavy (non-hydrogen) atoms. The molecule has 1 rings (SSSR count). The van der Waals surface area contributed by atoms with Crippen LogP contribution in [0.1, 0.15) is 39.2 Å². The third-order valence-electron chi connectivity index (χ3n) is 3.62. The number of carboxylic acids is 1. The van der Waals surface area contributed by atoms with Crippen LogP contribution in [0.15, 0.2) is 60.2 Å². The van der Waals surface area contributed by atoms with E-state index >= 15 is 0 Å². The first-order valence-corrected chi connectivity index (χ1v) is 7.16. The lowest BCUT2D eigenvalue weighted by Crippen LogP contribution is -2.22. The van der Waals surface area contributed by atoms with Gasteiger partial charge in [0.15, 0.2) is 0 Å². The first kappa shape index (κ1) is 17.0. The van der Waals surface area contributed by atoms with Gasteiger partial charge >= 0.3 is 5.97 Å². The van der Waals surface area contributed by atoms with Gasteiger partial charge in [-0.15, -0.1) is 6.58 Å². The van der Waals surface area contributed by atoms with E-state index in [9.17, 15) is 9.90 Å². The van der Waals surface area contributed by atoms with E-state index in [1.807, 2.05) is 51.1 Å². The summed E-state index contributed by atoms with van der Waals surface area (Å²) in [6.07, 6.45) is 7.18. The molecule has 0 radical (unpaired) electrons. The summed E-state index contributed by atoms with van der Waals surface area (Å²) < 4.78 is 0. The van der Waals surface area contributed by atoms with Gasteiger partial charge in [-0.25, -0.2) is 4.79 Å². The average Bonchev–Trinajstić information content (AvgIpc) is 2.45. The van der Waals surface area contributed by atoms with Crippen LogP contribution >= 0.6 is 0 Å². The maximum absolute atomic E-state index is 11.7. The van der Waals surface area contributed by atoms with Crippen LogP contribution in [0.4, 0.5) is 0 Å². The highest BCUT2D eigenvalue weighted by Gasteiger charge is 2.29. The van der Waals surface area contributed by atoms with E-state index in [2.05, 4.69) is 12.7 Å². The van der Waals surface area contributed by atoms with E-state index < -0.39 is 11.4 Å². The van der Waals surface area contributed by atoms with Crippen LogP contribution in [-0.2, 0) is 4.79 Å². The van der Waals surface area contributed by atoms with Gasteiger partial charge in [0.2, 0.25) is 0 Å². The molecular weight excluding hydrogens is 260 g/mol. The number of allylic oxidation sites excluding steroid dienone is 3. The second kappa shape index (κ2) is 7.63. The molecular formula is C19H24O2. The van der Waals surface area contributed by atoms with Crippen LogP contribution in [0.2, 0.25) is 0 Å². The highest BCUT2D eigenvalue weighted by molar-refractivity contribution is 5.94. The van der Waals surface area contributed by atoms with Gasteiger partial charge in [-0.05, 0) is 38.3 Å². The van der Waals surface area contributed by atoms with Crippen molar-refractivity contribution in [2.45, 2.75) is 33.6 Å². The molecule has 1 N–H and O–H groups in total. The molecule has 2 nitrogen and oxygen atoms in total. The van der Waals surface area contributed by atoms with Gasteiger partial charge in [-0.2, -0.15) is 0 Å². The predicted octanol–water partition coefficient (Wildman–Crippen LogP) is 5.09. The van der Waals surface area contributed by atoms with Crippen molar-refractivity contribution in [2.24, 2.45) is 5.41 Å². The van der Waals surface area contributed by atoms with Crippen molar-refractivity contribution < 1.29 is 9.90 Å². The number of hydrogen-bond acceptors (Lipinski definition) is 1. The van der Waals surface area contributed by atoms with Gasteiger partial charge in [0.05, 0.1) is 0 Å². The van der Waals surface area contributed by atoms with Gasteiger partial charge in [0, 0.05) is 11.0 Å². The van der Waals surface area contributed by atoms with Gasteiger partial charge < -0.3 is 5.11 Å². The lowest BCUT2D eigenvalue weighted by molar-refractivity contribution is -0.133.